The van der Waals surface area contributed by atoms with E-state index in [1.807, 2.05) is 30.3 Å². The Labute approximate surface area is 223 Å². The minimum Gasteiger partial charge on any atom is -0.316 e. The van der Waals surface area contributed by atoms with Crippen molar-refractivity contribution in [3.8, 4) is 39.6 Å². The van der Waals surface area contributed by atoms with Crippen LogP contribution in [0.5, 0.6) is 0 Å². The predicted octanol–water partition coefficient (Wildman–Crippen LogP) is 6.98. The van der Waals surface area contributed by atoms with E-state index in [1.165, 1.54) is 5.56 Å². The monoisotopic (exact) mass is 632 g/mol. The third kappa shape index (κ3) is 5.37. The van der Waals surface area contributed by atoms with E-state index in [9.17, 15) is 0 Å². The van der Waals surface area contributed by atoms with Gasteiger partial charge in [-0.15, -0.1) is 41.0 Å². The van der Waals surface area contributed by atoms with Crippen molar-refractivity contribution in [3.63, 3.8) is 0 Å². The van der Waals surface area contributed by atoms with Gasteiger partial charge in [-0.2, -0.15) is 5.10 Å². The Bertz CT molecular complexity index is 1370. The first kappa shape index (κ1) is 26.3. The summed E-state index contributed by atoms with van der Waals surface area (Å²) in [7, 11) is 0. The van der Waals surface area contributed by atoms with Crippen LogP contribution in [-0.2, 0) is 25.5 Å². The summed E-state index contributed by atoms with van der Waals surface area (Å²) in [5, 5.41) is 9.32. The van der Waals surface area contributed by atoms with Crippen molar-refractivity contribution < 1.29 is 20.1 Å². The number of benzene rings is 4. The summed E-state index contributed by atoms with van der Waals surface area (Å²) < 4.78 is 2.14. The van der Waals surface area contributed by atoms with Gasteiger partial charge in [0.05, 0.1) is 5.82 Å². The zero-order chi connectivity index (χ0) is 22.8. The minimum absolute atomic E-state index is 0. The van der Waals surface area contributed by atoms with Crippen molar-refractivity contribution in [2.24, 2.45) is 0 Å². The van der Waals surface area contributed by atoms with Gasteiger partial charge in [-0.1, -0.05) is 87.5 Å². The Morgan fingerprint density at radius 2 is 1.26 bits per heavy atom. The molecule has 1 heterocycles. The Kier molecular flexibility index (Phi) is 8.27. The largest absolute Gasteiger partial charge is 0.316 e. The molecule has 0 amide bonds. The first-order valence-corrected chi connectivity index (χ1v) is 11.2. The maximum atomic E-state index is 4.69. The van der Waals surface area contributed by atoms with Crippen molar-refractivity contribution in [1.82, 2.24) is 14.8 Å². The van der Waals surface area contributed by atoms with Crippen LogP contribution in [0, 0.1) is 6.07 Å². The van der Waals surface area contributed by atoms with E-state index in [1.54, 1.807) is 0 Å². The molecule has 4 aromatic carbocycles. The van der Waals surface area contributed by atoms with Crippen LogP contribution < -0.4 is 0 Å². The van der Waals surface area contributed by atoms with Crippen molar-refractivity contribution in [2.75, 3.05) is 0 Å². The summed E-state index contributed by atoms with van der Waals surface area (Å²) in [6, 6.07) is 38.7. The average Bonchev–Trinajstić information content (AvgIpc) is 3.30. The Balaban J connectivity index is 0.00000171. The van der Waals surface area contributed by atoms with Crippen LogP contribution in [0.3, 0.4) is 0 Å². The van der Waals surface area contributed by atoms with Crippen LogP contribution in [0.25, 0.3) is 39.6 Å². The van der Waals surface area contributed by atoms with Crippen molar-refractivity contribution >= 4 is 8.41 Å². The molecule has 0 saturated heterocycles. The molecule has 3 nitrogen and oxygen atoms in total. The molecule has 174 valence electrons. The van der Waals surface area contributed by atoms with Gasteiger partial charge in [0.2, 0.25) is 0 Å². The molecule has 0 atom stereocenters. The van der Waals surface area contributed by atoms with Gasteiger partial charge in [-0.25, -0.2) is 0 Å². The zero-order valence-electron chi connectivity index (χ0n) is 20.1. The molecular formula is C30H26BIrN3-. The molecule has 0 bridgehead atoms. The van der Waals surface area contributed by atoms with Gasteiger partial charge in [0.25, 0.3) is 0 Å². The fourth-order valence-electron chi connectivity index (χ4n) is 4.07. The molecule has 0 spiro atoms. The fraction of sp³-hybridized carbons (Fsp3) is 0.133. The number of rotatable bonds is 4. The molecule has 0 N–H and O–H groups in total. The summed E-state index contributed by atoms with van der Waals surface area (Å²) >= 11 is 0. The molecule has 0 aliphatic carbocycles. The normalized spacial score (nSPS) is 10.8. The molecule has 0 aliphatic heterocycles. The van der Waals surface area contributed by atoms with Gasteiger partial charge in [0.15, 0.2) is 5.82 Å². The summed E-state index contributed by atoms with van der Waals surface area (Å²) in [4.78, 5) is 0. The maximum absolute atomic E-state index is 4.69. The van der Waals surface area contributed by atoms with E-state index >= 15 is 0 Å². The van der Waals surface area contributed by atoms with Crippen LogP contribution in [0.1, 0.15) is 26.3 Å². The molecule has 0 aliphatic rings. The van der Waals surface area contributed by atoms with E-state index in [0.29, 0.717) is 0 Å². The first-order valence-electron chi connectivity index (χ1n) is 11.2. The Morgan fingerprint density at radius 1 is 0.657 bits per heavy atom. The van der Waals surface area contributed by atoms with E-state index in [0.717, 1.165) is 39.6 Å². The summed E-state index contributed by atoms with van der Waals surface area (Å²) in [6.45, 7) is 6.69. The summed E-state index contributed by atoms with van der Waals surface area (Å²) in [5.74, 6) is 1.59. The molecular weight excluding hydrogens is 605 g/mol. The number of aromatic nitrogens is 3. The molecule has 35 heavy (non-hydrogen) atoms. The summed E-state index contributed by atoms with van der Waals surface area (Å²) in [6.07, 6.45) is 0. The average molecular weight is 632 g/mol. The zero-order valence-corrected chi connectivity index (χ0v) is 22.5. The molecule has 0 saturated carbocycles. The van der Waals surface area contributed by atoms with Gasteiger partial charge in [0, 0.05) is 39.8 Å². The number of hydrogen-bond donors (Lipinski definition) is 0. The maximum Gasteiger partial charge on any atom is 0.160 e. The Hall–Kier alpha value is -3.27. The van der Waals surface area contributed by atoms with Crippen molar-refractivity contribution in [2.45, 2.75) is 26.2 Å². The molecule has 4 radical (unpaired) electrons. The van der Waals surface area contributed by atoms with Crippen molar-refractivity contribution in [3.05, 3.63) is 115 Å². The van der Waals surface area contributed by atoms with E-state index in [2.05, 4.69) is 114 Å². The molecule has 1 aromatic heterocycles. The second-order valence-corrected chi connectivity index (χ2v) is 9.17. The number of hydrogen-bond acceptors (Lipinski definition) is 2. The van der Waals surface area contributed by atoms with Gasteiger partial charge in [0.1, 0.15) is 0 Å². The third-order valence-electron chi connectivity index (χ3n) is 5.86. The molecule has 0 unspecified atom stereocenters. The van der Waals surface area contributed by atoms with Crippen molar-refractivity contribution in [1.29, 1.82) is 0 Å². The minimum atomic E-state index is 0. The second kappa shape index (κ2) is 11.0. The van der Waals surface area contributed by atoms with Crippen LogP contribution in [0.2, 0.25) is 0 Å². The van der Waals surface area contributed by atoms with Gasteiger partial charge in [-0.3, -0.25) is 0 Å². The standard InChI is InChI=1S/C30H26N3.B.Ir/c1-30(2,3)24-18-20-25(21-19-24)33-28(23-14-8-5-9-15-23)31-32-29(33)27-17-11-10-16-26(27)22-12-6-4-7-13-22;;/h4-14,16-21H,1-3H3;;/q-1;;. The van der Waals surface area contributed by atoms with E-state index in [4.69, 9.17) is 0 Å². The Morgan fingerprint density at radius 3 is 1.89 bits per heavy atom. The van der Waals surface area contributed by atoms with Crippen LogP contribution in [-0.4, -0.2) is 23.2 Å². The quantitative estimate of drug-likeness (QED) is 0.158. The smallest absolute Gasteiger partial charge is 0.160 e. The molecule has 0 fully saturated rings. The SMILES string of the molecule is CC(C)(C)c1ccc(-n2c(-c3[c-]cccc3)nnc2-c2ccccc2-c2ccccc2)cc1.[B].[Ir]. The van der Waals surface area contributed by atoms with Gasteiger partial charge >= 0.3 is 0 Å². The topological polar surface area (TPSA) is 30.7 Å². The molecule has 5 aromatic rings. The first-order chi connectivity index (χ1) is 16.0. The van der Waals surface area contributed by atoms with Crippen LogP contribution in [0.15, 0.2) is 103 Å². The summed E-state index contributed by atoms with van der Waals surface area (Å²) in [5.41, 5.74) is 6.63. The van der Waals surface area contributed by atoms with Gasteiger partial charge in [-0.05, 0) is 34.2 Å². The second-order valence-electron chi connectivity index (χ2n) is 9.17. The van der Waals surface area contributed by atoms with E-state index in [-0.39, 0.29) is 33.9 Å². The van der Waals surface area contributed by atoms with Gasteiger partial charge < -0.3 is 4.57 Å². The molecule has 5 rings (SSSR count). The third-order valence-corrected chi connectivity index (χ3v) is 5.86. The molecule has 5 heteroatoms. The predicted molar refractivity (Wildman–Crippen MR) is 141 cm³/mol. The van der Waals surface area contributed by atoms with Crippen LogP contribution >= 0.6 is 0 Å². The number of nitrogens with zero attached hydrogens (tertiary/aromatic N) is 3. The fourth-order valence-corrected chi connectivity index (χ4v) is 4.07. The van der Waals surface area contributed by atoms with E-state index < -0.39 is 0 Å². The van der Waals surface area contributed by atoms with Crippen LogP contribution in [0.4, 0.5) is 0 Å².